The van der Waals surface area contributed by atoms with Crippen molar-refractivity contribution < 1.29 is 8.78 Å². The Morgan fingerprint density at radius 2 is 1.80 bits per heavy atom. The van der Waals surface area contributed by atoms with E-state index in [1.165, 1.54) is 12.1 Å². The van der Waals surface area contributed by atoms with Gasteiger partial charge in [-0.3, -0.25) is 0 Å². The summed E-state index contributed by atoms with van der Waals surface area (Å²) in [7, 11) is 1.74. The van der Waals surface area contributed by atoms with Crippen LogP contribution in [0.4, 0.5) is 14.6 Å². The molecule has 0 saturated heterocycles. The van der Waals surface area contributed by atoms with Gasteiger partial charge in [0.2, 0.25) is 0 Å². The molecule has 100 valence electrons. The number of para-hydroxylation sites is 1. The van der Waals surface area contributed by atoms with E-state index in [9.17, 15) is 8.78 Å². The molecule has 0 aliphatic heterocycles. The first-order valence-electron chi connectivity index (χ1n) is 6.09. The molecule has 3 aromatic rings. The number of benzene rings is 2. The van der Waals surface area contributed by atoms with Gasteiger partial charge in [0, 0.05) is 18.5 Å². The zero-order chi connectivity index (χ0) is 14.1. The second kappa shape index (κ2) is 4.85. The maximum atomic E-state index is 13.8. The molecule has 0 atom stereocenters. The second-order valence-corrected chi connectivity index (χ2v) is 4.29. The molecule has 0 amide bonds. The van der Waals surface area contributed by atoms with E-state index < -0.39 is 11.6 Å². The Balaban J connectivity index is 2.26. The molecule has 5 heteroatoms. The van der Waals surface area contributed by atoms with Crippen molar-refractivity contribution in [3.63, 3.8) is 0 Å². The van der Waals surface area contributed by atoms with Crippen molar-refractivity contribution >= 4 is 16.7 Å². The van der Waals surface area contributed by atoms with Crippen LogP contribution in [0.25, 0.3) is 22.3 Å². The van der Waals surface area contributed by atoms with E-state index >= 15 is 0 Å². The van der Waals surface area contributed by atoms with Crippen molar-refractivity contribution in [1.29, 1.82) is 0 Å². The molecule has 0 spiro atoms. The van der Waals surface area contributed by atoms with E-state index in [4.69, 9.17) is 0 Å². The lowest BCUT2D eigenvalue weighted by atomic mass is 10.1. The predicted octanol–water partition coefficient (Wildman–Crippen LogP) is 3.62. The highest BCUT2D eigenvalue weighted by Crippen LogP contribution is 2.26. The van der Waals surface area contributed by atoms with Crippen LogP contribution in [0.5, 0.6) is 0 Å². The maximum absolute atomic E-state index is 13.8. The van der Waals surface area contributed by atoms with Crippen molar-refractivity contribution in [2.45, 2.75) is 0 Å². The molecule has 0 fully saturated rings. The Kier molecular flexibility index (Phi) is 3.02. The lowest BCUT2D eigenvalue weighted by Gasteiger charge is -2.08. The average molecular weight is 271 g/mol. The monoisotopic (exact) mass is 271 g/mol. The number of rotatable bonds is 2. The minimum atomic E-state index is -0.678. The minimum absolute atomic E-state index is 0.175. The summed E-state index contributed by atoms with van der Waals surface area (Å²) in [6.07, 6.45) is 0. The summed E-state index contributed by atoms with van der Waals surface area (Å²) in [5.74, 6) is -0.469. The summed E-state index contributed by atoms with van der Waals surface area (Å²) < 4.78 is 26.8. The number of halogens is 2. The van der Waals surface area contributed by atoms with Crippen molar-refractivity contribution in [3.8, 4) is 11.4 Å². The first-order chi connectivity index (χ1) is 9.69. The Morgan fingerprint density at radius 1 is 1.00 bits per heavy atom. The number of nitrogens with zero attached hydrogens (tertiary/aromatic N) is 2. The number of fused-ring (bicyclic) bond motifs is 1. The number of nitrogens with one attached hydrogen (secondary N) is 1. The van der Waals surface area contributed by atoms with Crippen LogP contribution in [0, 0.1) is 11.6 Å². The maximum Gasteiger partial charge on any atom is 0.165 e. The fourth-order valence-corrected chi connectivity index (χ4v) is 2.06. The first-order valence-corrected chi connectivity index (χ1v) is 6.09. The lowest BCUT2D eigenvalue weighted by molar-refractivity contribution is 0.585. The van der Waals surface area contributed by atoms with Crippen LogP contribution in [0.15, 0.2) is 42.5 Å². The molecular weight excluding hydrogens is 260 g/mol. The highest BCUT2D eigenvalue weighted by Gasteiger charge is 2.12. The van der Waals surface area contributed by atoms with Gasteiger partial charge in [0.15, 0.2) is 5.82 Å². The third-order valence-corrected chi connectivity index (χ3v) is 3.01. The highest BCUT2D eigenvalue weighted by atomic mass is 19.1. The van der Waals surface area contributed by atoms with Crippen molar-refractivity contribution in [2.75, 3.05) is 12.4 Å². The molecule has 0 saturated carbocycles. The van der Waals surface area contributed by atoms with Gasteiger partial charge in [-0.05, 0) is 24.3 Å². The van der Waals surface area contributed by atoms with Gasteiger partial charge in [0.25, 0.3) is 0 Å². The normalized spacial score (nSPS) is 10.8. The smallest absolute Gasteiger partial charge is 0.165 e. The van der Waals surface area contributed by atoms with Crippen LogP contribution in [0.3, 0.4) is 0 Å². The molecule has 0 aliphatic rings. The third kappa shape index (κ3) is 2.07. The van der Waals surface area contributed by atoms with Gasteiger partial charge < -0.3 is 5.32 Å². The van der Waals surface area contributed by atoms with Gasteiger partial charge in [-0.2, -0.15) is 0 Å². The molecule has 2 aromatic carbocycles. The average Bonchev–Trinajstić information content (AvgIpc) is 2.46. The van der Waals surface area contributed by atoms with Gasteiger partial charge in [-0.1, -0.05) is 12.1 Å². The molecule has 1 heterocycles. The standard InChI is InChI=1S/C15H11F2N3/c1-18-14-11-4-2-3-5-13(11)19-15(20-14)10-7-6-9(16)8-12(10)17/h2-8H,1H3,(H,18,19,20). The molecule has 1 aromatic heterocycles. The topological polar surface area (TPSA) is 37.8 Å². The van der Waals surface area contributed by atoms with E-state index in [0.717, 1.165) is 11.5 Å². The summed E-state index contributed by atoms with van der Waals surface area (Å²) >= 11 is 0. The Bertz CT molecular complexity index is 787. The highest BCUT2D eigenvalue weighted by molar-refractivity contribution is 5.90. The van der Waals surface area contributed by atoms with E-state index in [-0.39, 0.29) is 11.4 Å². The van der Waals surface area contributed by atoms with Crippen molar-refractivity contribution in [2.24, 2.45) is 0 Å². The Hall–Kier alpha value is -2.56. The summed E-state index contributed by atoms with van der Waals surface area (Å²) in [6.45, 7) is 0. The van der Waals surface area contributed by atoms with E-state index in [2.05, 4.69) is 15.3 Å². The van der Waals surface area contributed by atoms with E-state index in [0.29, 0.717) is 11.3 Å². The predicted molar refractivity (Wildman–Crippen MR) is 74.4 cm³/mol. The third-order valence-electron chi connectivity index (χ3n) is 3.01. The van der Waals surface area contributed by atoms with Crippen molar-refractivity contribution in [1.82, 2.24) is 9.97 Å². The zero-order valence-corrected chi connectivity index (χ0v) is 10.7. The Labute approximate surface area is 114 Å². The molecule has 0 unspecified atom stereocenters. The summed E-state index contributed by atoms with van der Waals surface area (Å²) in [6, 6.07) is 10.8. The summed E-state index contributed by atoms with van der Waals surface area (Å²) in [4.78, 5) is 8.63. The second-order valence-electron chi connectivity index (χ2n) is 4.29. The van der Waals surface area contributed by atoms with Crippen molar-refractivity contribution in [3.05, 3.63) is 54.1 Å². The van der Waals surface area contributed by atoms with Crippen LogP contribution in [0.2, 0.25) is 0 Å². The summed E-state index contributed by atoms with van der Waals surface area (Å²) in [5.41, 5.74) is 0.874. The molecule has 3 nitrogen and oxygen atoms in total. The molecule has 0 radical (unpaired) electrons. The molecule has 3 rings (SSSR count). The number of hydrogen-bond donors (Lipinski definition) is 1. The molecule has 20 heavy (non-hydrogen) atoms. The Morgan fingerprint density at radius 3 is 2.55 bits per heavy atom. The van der Waals surface area contributed by atoms with Gasteiger partial charge in [-0.15, -0.1) is 0 Å². The van der Waals surface area contributed by atoms with E-state index in [1.807, 2.05) is 24.3 Å². The summed E-state index contributed by atoms with van der Waals surface area (Å²) in [5, 5.41) is 3.81. The van der Waals surface area contributed by atoms with Crippen LogP contribution in [0.1, 0.15) is 0 Å². The SMILES string of the molecule is CNc1nc(-c2ccc(F)cc2F)nc2ccccc12. The van der Waals surface area contributed by atoms with Crippen LogP contribution < -0.4 is 5.32 Å². The van der Waals surface area contributed by atoms with Crippen LogP contribution >= 0.6 is 0 Å². The lowest BCUT2D eigenvalue weighted by Crippen LogP contribution is -2.00. The fourth-order valence-electron chi connectivity index (χ4n) is 2.06. The number of hydrogen-bond acceptors (Lipinski definition) is 3. The molecule has 1 N–H and O–H groups in total. The molecular formula is C15H11F2N3. The number of anilines is 1. The quantitative estimate of drug-likeness (QED) is 0.773. The van der Waals surface area contributed by atoms with Crippen LogP contribution in [-0.4, -0.2) is 17.0 Å². The largest absolute Gasteiger partial charge is 0.373 e. The van der Waals surface area contributed by atoms with Gasteiger partial charge in [0.1, 0.15) is 17.5 Å². The van der Waals surface area contributed by atoms with E-state index in [1.54, 1.807) is 7.05 Å². The zero-order valence-electron chi connectivity index (χ0n) is 10.7. The fraction of sp³-hybridized carbons (Fsp3) is 0.0667. The molecule has 0 aliphatic carbocycles. The molecule has 0 bridgehead atoms. The first kappa shape index (κ1) is 12.5. The van der Waals surface area contributed by atoms with Gasteiger partial charge in [-0.25, -0.2) is 18.7 Å². The van der Waals surface area contributed by atoms with Gasteiger partial charge >= 0.3 is 0 Å². The van der Waals surface area contributed by atoms with Gasteiger partial charge in [0.05, 0.1) is 11.1 Å². The van der Waals surface area contributed by atoms with Crippen LogP contribution in [-0.2, 0) is 0 Å². The minimum Gasteiger partial charge on any atom is -0.373 e. The number of aromatic nitrogens is 2.